The molecule has 0 heterocycles. The van der Waals surface area contributed by atoms with Crippen LogP contribution in [0.1, 0.15) is 37.7 Å². The number of hydrogen-bond donors (Lipinski definition) is 3. The highest BCUT2D eigenvalue weighted by atomic mass is 35.5. The summed E-state index contributed by atoms with van der Waals surface area (Å²) in [7, 11) is 0. The maximum absolute atomic E-state index is 14.0. The number of hydrogen-bond acceptors (Lipinski definition) is 3. The van der Waals surface area contributed by atoms with Crippen LogP contribution in [-0.2, 0) is 5.54 Å². The Labute approximate surface area is 104 Å². The molecule has 3 nitrogen and oxygen atoms in total. The molecule has 5 heteroatoms. The first-order valence-electron chi connectivity index (χ1n) is 5.65. The molecule has 0 atom stereocenters. The van der Waals surface area contributed by atoms with Crippen molar-refractivity contribution in [1.29, 1.82) is 0 Å². The largest absolute Gasteiger partial charge is 0.504 e. The fourth-order valence-electron chi connectivity index (χ4n) is 2.49. The molecule has 1 aliphatic carbocycles. The van der Waals surface area contributed by atoms with Crippen LogP contribution in [0.25, 0.3) is 0 Å². The van der Waals surface area contributed by atoms with Gasteiger partial charge < -0.3 is 15.9 Å². The Kier molecular flexibility index (Phi) is 3.19. The van der Waals surface area contributed by atoms with Crippen molar-refractivity contribution in [2.24, 2.45) is 5.73 Å². The van der Waals surface area contributed by atoms with Crippen molar-refractivity contribution in [1.82, 2.24) is 0 Å². The highest BCUT2D eigenvalue weighted by molar-refractivity contribution is 6.31. The summed E-state index contributed by atoms with van der Waals surface area (Å²) in [6.07, 6.45) is 3.97. The fourth-order valence-corrected chi connectivity index (χ4v) is 2.69. The van der Waals surface area contributed by atoms with Gasteiger partial charge in [-0.05, 0) is 12.8 Å². The van der Waals surface area contributed by atoms with Gasteiger partial charge in [0.25, 0.3) is 0 Å². The predicted molar refractivity (Wildman–Crippen MR) is 63.7 cm³/mol. The van der Waals surface area contributed by atoms with Crippen molar-refractivity contribution in [3.8, 4) is 11.5 Å². The molecule has 0 unspecified atom stereocenters. The van der Waals surface area contributed by atoms with Crippen LogP contribution in [-0.4, -0.2) is 10.2 Å². The average molecular weight is 260 g/mol. The number of benzene rings is 1. The lowest BCUT2D eigenvalue weighted by molar-refractivity contribution is 0.277. The van der Waals surface area contributed by atoms with Gasteiger partial charge in [-0.15, -0.1) is 0 Å². The molecule has 1 aromatic rings. The van der Waals surface area contributed by atoms with E-state index in [0.29, 0.717) is 12.8 Å². The summed E-state index contributed by atoms with van der Waals surface area (Å²) < 4.78 is 14.0. The van der Waals surface area contributed by atoms with Gasteiger partial charge in [-0.2, -0.15) is 0 Å². The van der Waals surface area contributed by atoms with Gasteiger partial charge >= 0.3 is 0 Å². The minimum atomic E-state index is -0.936. The van der Waals surface area contributed by atoms with Gasteiger partial charge in [-0.25, -0.2) is 4.39 Å². The van der Waals surface area contributed by atoms with E-state index in [1.165, 1.54) is 0 Å². The van der Waals surface area contributed by atoms with Crippen LogP contribution in [0.5, 0.6) is 11.5 Å². The maximum Gasteiger partial charge on any atom is 0.165 e. The van der Waals surface area contributed by atoms with E-state index < -0.39 is 22.9 Å². The van der Waals surface area contributed by atoms with E-state index in [2.05, 4.69) is 0 Å². The molecule has 0 radical (unpaired) electrons. The third-order valence-electron chi connectivity index (χ3n) is 3.42. The molecule has 4 N–H and O–H groups in total. The SMILES string of the molecule is NC1(c2c(O)c(O)cc(Cl)c2F)CCCCC1. The zero-order valence-corrected chi connectivity index (χ0v) is 10.1. The van der Waals surface area contributed by atoms with Gasteiger partial charge in [-0.3, -0.25) is 0 Å². The molecule has 2 rings (SSSR count). The van der Waals surface area contributed by atoms with Crippen LogP contribution in [0.2, 0.25) is 5.02 Å². The zero-order chi connectivity index (χ0) is 12.6. The number of nitrogens with two attached hydrogens (primary N) is 1. The van der Waals surface area contributed by atoms with Crippen LogP contribution >= 0.6 is 11.6 Å². The molecular formula is C12H15ClFNO2. The van der Waals surface area contributed by atoms with Crippen LogP contribution in [0.15, 0.2) is 6.07 Å². The quantitative estimate of drug-likeness (QED) is 0.679. The lowest BCUT2D eigenvalue weighted by Crippen LogP contribution is -2.39. The second kappa shape index (κ2) is 4.35. The van der Waals surface area contributed by atoms with Crippen molar-refractivity contribution in [2.75, 3.05) is 0 Å². The molecule has 0 saturated heterocycles. The lowest BCUT2D eigenvalue weighted by Gasteiger charge is -2.34. The topological polar surface area (TPSA) is 66.5 Å². The molecule has 1 saturated carbocycles. The lowest BCUT2D eigenvalue weighted by atomic mass is 9.77. The normalized spacial score (nSPS) is 19.2. The van der Waals surface area contributed by atoms with Crippen molar-refractivity contribution < 1.29 is 14.6 Å². The first kappa shape index (κ1) is 12.5. The van der Waals surface area contributed by atoms with Crippen molar-refractivity contribution >= 4 is 11.6 Å². The minimum absolute atomic E-state index is 0.0535. The van der Waals surface area contributed by atoms with Crippen LogP contribution in [0, 0.1) is 5.82 Å². The van der Waals surface area contributed by atoms with Crippen molar-refractivity contribution in [3.05, 3.63) is 22.5 Å². The summed E-state index contributed by atoms with van der Waals surface area (Å²) >= 11 is 5.67. The Morgan fingerprint density at radius 1 is 1.24 bits per heavy atom. The number of halogens is 2. The molecule has 0 spiro atoms. The first-order chi connectivity index (χ1) is 7.96. The van der Waals surface area contributed by atoms with Gasteiger partial charge in [0.1, 0.15) is 0 Å². The Morgan fingerprint density at radius 3 is 2.41 bits per heavy atom. The molecule has 0 bridgehead atoms. The Hall–Kier alpha value is -1.00. The summed E-state index contributed by atoms with van der Waals surface area (Å²) in [6, 6.07) is 0.988. The third-order valence-corrected chi connectivity index (χ3v) is 3.69. The molecule has 0 aliphatic heterocycles. The van der Waals surface area contributed by atoms with Gasteiger partial charge in [0.2, 0.25) is 0 Å². The van der Waals surface area contributed by atoms with Crippen LogP contribution in [0.3, 0.4) is 0 Å². The molecule has 1 fully saturated rings. The van der Waals surface area contributed by atoms with E-state index >= 15 is 0 Å². The van der Waals surface area contributed by atoms with Gasteiger partial charge in [-0.1, -0.05) is 30.9 Å². The molecule has 0 amide bonds. The highest BCUT2D eigenvalue weighted by Gasteiger charge is 2.36. The zero-order valence-electron chi connectivity index (χ0n) is 9.34. The standard InChI is InChI=1S/C12H15ClFNO2/c13-7-6-8(16)11(17)9(10(7)14)12(15)4-2-1-3-5-12/h6,16-17H,1-5,15H2. The van der Waals surface area contributed by atoms with E-state index in [1.54, 1.807) is 0 Å². The first-order valence-corrected chi connectivity index (χ1v) is 6.03. The Balaban J connectivity index is 2.57. The molecule has 0 aromatic heterocycles. The Bertz CT molecular complexity index is 418. The van der Waals surface area contributed by atoms with Gasteiger partial charge in [0, 0.05) is 11.6 Å². The molecule has 1 aromatic carbocycles. The van der Waals surface area contributed by atoms with E-state index in [0.717, 1.165) is 25.3 Å². The Morgan fingerprint density at radius 2 is 1.82 bits per heavy atom. The fraction of sp³-hybridized carbons (Fsp3) is 0.500. The minimum Gasteiger partial charge on any atom is -0.504 e. The van der Waals surface area contributed by atoms with Crippen LogP contribution in [0.4, 0.5) is 4.39 Å². The summed E-state index contributed by atoms with van der Waals surface area (Å²) in [4.78, 5) is 0. The van der Waals surface area contributed by atoms with Crippen molar-refractivity contribution in [3.63, 3.8) is 0 Å². The molecule has 17 heavy (non-hydrogen) atoms. The number of phenolic OH excluding ortho intramolecular Hbond substituents is 2. The number of rotatable bonds is 1. The van der Waals surface area contributed by atoms with E-state index in [9.17, 15) is 14.6 Å². The number of aromatic hydroxyl groups is 2. The summed E-state index contributed by atoms with van der Waals surface area (Å²) in [5.41, 5.74) is 5.16. The molecule has 1 aliphatic rings. The van der Waals surface area contributed by atoms with Gasteiger partial charge in [0.05, 0.1) is 10.6 Å². The predicted octanol–water partition coefficient (Wildman–Crippen LogP) is 3.01. The average Bonchev–Trinajstić information content (AvgIpc) is 2.27. The third kappa shape index (κ3) is 2.07. The van der Waals surface area contributed by atoms with Crippen LogP contribution < -0.4 is 5.73 Å². The molecular weight excluding hydrogens is 245 g/mol. The summed E-state index contributed by atoms with van der Waals surface area (Å²) in [6.45, 7) is 0. The highest BCUT2D eigenvalue weighted by Crippen LogP contribution is 2.45. The van der Waals surface area contributed by atoms with Gasteiger partial charge in [0.15, 0.2) is 17.3 Å². The second-order valence-corrected chi connectivity index (χ2v) is 5.04. The second-order valence-electron chi connectivity index (χ2n) is 4.63. The van der Waals surface area contributed by atoms with E-state index in [4.69, 9.17) is 17.3 Å². The van der Waals surface area contributed by atoms with Crippen molar-refractivity contribution in [2.45, 2.75) is 37.6 Å². The summed E-state index contributed by atoms with van der Waals surface area (Å²) in [5.74, 6) is -1.65. The maximum atomic E-state index is 14.0. The van der Waals surface area contributed by atoms with E-state index in [1.807, 2.05) is 0 Å². The monoisotopic (exact) mass is 259 g/mol. The smallest absolute Gasteiger partial charge is 0.165 e. The number of phenols is 2. The molecule has 94 valence electrons. The van der Waals surface area contributed by atoms with E-state index in [-0.39, 0.29) is 10.6 Å². The summed E-state index contributed by atoms with van der Waals surface area (Å²) in [5, 5.41) is 19.1.